The molecule has 13 heavy (non-hydrogen) atoms. The predicted molar refractivity (Wildman–Crippen MR) is 52.6 cm³/mol. The van der Waals surface area contributed by atoms with Crippen molar-refractivity contribution in [1.29, 1.82) is 0 Å². The summed E-state index contributed by atoms with van der Waals surface area (Å²) in [5.41, 5.74) is 2.34. The molecule has 0 atom stereocenters. The molecular formula is C11H16N2. The van der Waals surface area contributed by atoms with Gasteiger partial charge in [0.15, 0.2) is 0 Å². The van der Waals surface area contributed by atoms with Crippen molar-refractivity contribution in [1.82, 2.24) is 9.97 Å². The van der Waals surface area contributed by atoms with Crippen molar-refractivity contribution in [2.24, 2.45) is 0 Å². The van der Waals surface area contributed by atoms with E-state index < -0.39 is 0 Å². The van der Waals surface area contributed by atoms with Crippen molar-refractivity contribution < 1.29 is 0 Å². The number of nitrogens with zero attached hydrogens (tertiary/aromatic N) is 2. The third-order valence-corrected chi connectivity index (χ3v) is 2.51. The van der Waals surface area contributed by atoms with Crippen LogP contribution in [-0.4, -0.2) is 9.97 Å². The number of hydrogen-bond donors (Lipinski definition) is 0. The molecule has 1 aromatic heterocycles. The van der Waals surface area contributed by atoms with Gasteiger partial charge in [0, 0.05) is 18.3 Å². The van der Waals surface area contributed by atoms with Crippen LogP contribution >= 0.6 is 0 Å². The largest absolute Gasteiger partial charge is 0.258 e. The van der Waals surface area contributed by atoms with Crippen molar-refractivity contribution in [3.63, 3.8) is 0 Å². The van der Waals surface area contributed by atoms with E-state index in [0.29, 0.717) is 0 Å². The molecule has 2 rings (SSSR count). The molecule has 1 saturated carbocycles. The Balaban J connectivity index is 1.96. The van der Waals surface area contributed by atoms with Crippen LogP contribution in [0.4, 0.5) is 0 Å². The molecule has 0 spiro atoms. The average molecular weight is 176 g/mol. The third kappa shape index (κ3) is 2.27. The molecule has 1 aromatic rings. The van der Waals surface area contributed by atoms with E-state index in [0.717, 1.165) is 18.0 Å². The van der Waals surface area contributed by atoms with Gasteiger partial charge in [-0.2, -0.15) is 0 Å². The van der Waals surface area contributed by atoms with Crippen LogP contribution in [-0.2, 0) is 6.42 Å². The lowest BCUT2D eigenvalue weighted by Crippen LogP contribution is -1.94. The Labute approximate surface area is 79.4 Å². The first-order valence-electron chi connectivity index (χ1n) is 5.21. The molecule has 0 radical (unpaired) electrons. The van der Waals surface area contributed by atoms with E-state index in [2.05, 4.69) is 16.9 Å². The zero-order valence-corrected chi connectivity index (χ0v) is 8.16. The van der Waals surface area contributed by atoms with E-state index >= 15 is 0 Å². The molecule has 0 unspecified atom stereocenters. The van der Waals surface area contributed by atoms with Crippen LogP contribution < -0.4 is 0 Å². The standard InChI is InChI=1S/C11H16N2/c1-2-3-4-10-7-13-11(8-12-10)9-5-6-9/h7-9H,2-6H2,1H3. The van der Waals surface area contributed by atoms with Crippen molar-refractivity contribution >= 4 is 0 Å². The third-order valence-electron chi connectivity index (χ3n) is 2.51. The van der Waals surface area contributed by atoms with Gasteiger partial charge in [0.1, 0.15) is 0 Å². The zero-order valence-electron chi connectivity index (χ0n) is 8.16. The lowest BCUT2D eigenvalue weighted by Gasteiger charge is -1.99. The highest BCUT2D eigenvalue weighted by Crippen LogP contribution is 2.38. The molecule has 0 amide bonds. The van der Waals surface area contributed by atoms with E-state index in [1.807, 2.05) is 12.4 Å². The van der Waals surface area contributed by atoms with Crippen molar-refractivity contribution in [3.05, 3.63) is 23.8 Å². The fraction of sp³-hybridized carbons (Fsp3) is 0.636. The molecule has 70 valence electrons. The van der Waals surface area contributed by atoms with Gasteiger partial charge in [-0.15, -0.1) is 0 Å². The van der Waals surface area contributed by atoms with E-state index in [9.17, 15) is 0 Å². The number of unbranched alkanes of at least 4 members (excludes halogenated alkanes) is 1. The maximum Gasteiger partial charge on any atom is 0.0617 e. The summed E-state index contributed by atoms with van der Waals surface area (Å²) in [7, 11) is 0. The lowest BCUT2D eigenvalue weighted by molar-refractivity contribution is 0.767. The summed E-state index contributed by atoms with van der Waals surface area (Å²) in [6.45, 7) is 2.20. The molecule has 0 bridgehead atoms. The first-order valence-corrected chi connectivity index (χ1v) is 5.21. The van der Waals surface area contributed by atoms with Crippen molar-refractivity contribution in [2.45, 2.75) is 44.9 Å². The van der Waals surface area contributed by atoms with Gasteiger partial charge in [-0.1, -0.05) is 13.3 Å². The average Bonchev–Trinajstić information content (AvgIpc) is 2.99. The molecule has 1 heterocycles. The molecule has 1 aliphatic rings. The minimum absolute atomic E-state index is 0.729. The van der Waals surface area contributed by atoms with Gasteiger partial charge in [0.05, 0.1) is 11.4 Å². The molecule has 2 nitrogen and oxygen atoms in total. The van der Waals surface area contributed by atoms with Gasteiger partial charge >= 0.3 is 0 Å². The molecule has 1 fully saturated rings. The Kier molecular flexibility index (Phi) is 2.57. The van der Waals surface area contributed by atoms with Gasteiger partial charge in [-0.05, 0) is 25.7 Å². The topological polar surface area (TPSA) is 25.8 Å². The second kappa shape index (κ2) is 3.86. The second-order valence-electron chi connectivity index (χ2n) is 3.81. The Hall–Kier alpha value is -0.920. The smallest absolute Gasteiger partial charge is 0.0617 e. The number of hydrogen-bond acceptors (Lipinski definition) is 2. The predicted octanol–water partition coefficient (Wildman–Crippen LogP) is 2.70. The number of rotatable bonds is 4. The minimum atomic E-state index is 0.729. The van der Waals surface area contributed by atoms with Gasteiger partial charge in [-0.3, -0.25) is 9.97 Å². The fourth-order valence-electron chi connectivity index (χ4n) is 1.44. The summed E-state index contributed by atoms with van der Waals surface area (Å²) in [5, 5.41) is 0. The Morgan fingerprint density at radius 1 is 1.31 bits per heavy atom. The van der Waals surface area contributed by atoms with Crippen LogP contribution in [0.2, 0.25) is 0 Å². The highest BCUT2D eigenvalue weighted by molar-refractivity contribution is 5.12. The van der Waals surface area contributed by atoms with Gasteiger partial charge < -0.3 is 0 Å². The number of aryl methyl sites for hydroxylation is 1. The summed E-state index contributed by atoms with van der Waals surface area (Å²) in [6.07, 6.45) is 10.1. The molecule has 0 aliphatic heterocycles. The highest BCUT2D eigenvalue weighted by Gasteiger charge is 2.24. The first kappa shape index (κ1) is 8.67. The maximum absolute atomic E-state index is 4.43. The summed E-state index contributed by atoms with van der Waals surface area (Å²) >= 11 is 0. The van der Waals surface area contributed by atoms with Crippen LogP contribution in [0.15, 0.2) is 12.4 Å². The minimum Gasteiger partial charge on any atom is -0.258 e. The van der Waals surface area contributed by atoms with Crippen LogP contribution in [0.1, 0.15) is 49.9 Å². The van der Waals surface area contributed by atoms with E-state index in [1.165, 1.54) is 31.4 Å². The molecule has 0 saturated heterocycles. The molecular weight excluding hydrogens is 160 g/mol. The monoisotopic (exact) mass is 176 g/mol. The number of aromatic nitrogens is 2. The van der Waals surface area contributed by atoms with Gasteiger partial charge in [0.2, 0.25) is 0 Å². The normalized spacial score (nSPS) is 16.1. The molecule has 2 heteroatoms. The second-order valence-corrected chi connectivity index (χ2v) is 3.81. The SMILES string of the molecule is CCCCc1cnc(C2CC2)cn1. The summed E-state index contributed by atoms with van der Waals surface area (Å²) < 4.78 is 0. The summed E-state index contributed by atoms with van der Waals surface area (Å²) in [5.74, 6) is 0.729. The Morgan fingerprint density at radius 3 is 2.69 bits per heavy atom. The van der Waals surface area contributed by atoms with Crippen LogP contribution in [0.3, 0.4) is 0 Å². The summed E-state index contributed by atoms with van der Waals surface area (Å²) in [6, 6.07) is 0. The molecule has 0 N–H and O–H groups in total. The van der Waals surface area contributed by atoms with Gasteiger partial charge in [-0.25, -0.2) is 0 Å². The maximum atomic E-state index is 4.43. The highest BCUT2D eigenvalue weighted by atomic mass is 14.8. The van der Waals surface area contributed by atoms with E-state index in [4.69, 9.17) is 0 Å². The fourth-order valence-corrected chi connectivity index (χ4v) is 1.44. The zero-order chi connectivity index (χ0) is 9.10. The quantitative estimate of drug-likeness (QED) is 0.705. The lowest BCUT2D eigenvalue weighted by atomic mass is 10.2. The molecule has 1 aliphatic carbocycles. The summed E-state index contributed by atoms with van der Waals surface area (Å²) in [4.78, 5) is 8.85. The Morgan fingerprint density at radius 2 is 2.15 bits per heavy atom. The van der Waals surface area contributed by atoms with Crippen LogP contribution in [0.5, 0.6) is 0 Å². The first-order chi connectivity index (χ1) is 6.40. The van der Waals surface area contributed by atoms with Crippen molar-refractivity contribution in [2.75, 3.05) is 0 Å². The van der Waals surface area contributed by atoms with E-state index in [-0.39, 0.29) is 0 Å². The van der Waals surface area contributed by atoms with Gasteiger partial charge in [0.25, 0.3) is 0 Å². The molecule has 0 aromatic carbocycles. The van der Waals surface area contributed by atoms with Crippen LogP contribution in [0.25, 0.3) is 0 Å². The van der Waals surface area contributed by atoms with E-state index in [1.54, 1.807) is 0 Å². The van der Waals surface area contributed by atoms with Crippen LogP contribution in [0, 0.1) is 0 Å². The van der Waals surface area contributed by atoms with Crippen molar-refractivity contribution in [3.8, 4) is 0 Å². The Bertz CT molecular complexity index is 262.